The molecule has 2 rings (SSSR count). The van der Waals surface area contributed by atoms with Crippen LogP contribution in [0.25, 0.3) is 0 Å². The molecule has 1 heterocycles. The van der Waals surface area contributed by atoms with Gasteiger partial charge in [-0.1, -0.05) is 37.9 Å². The zero-order valence-electron chi connectivity index (χ0n) is 12.5. The van der Waals surface area contributed by atoms with Crippen molar-refractivity contribution in [3.8, 4) is 0 Å². The molecule has 112 valence electrons. The predicted molar refractivity (Wildman–Crippen MR) is 82.5 cm³/mol. The fraction of sp³-hybridized carbons (Fsp3) is 0.625. The molecule has 2 nitrogen and oxygen atoms in total. The summed E-state index contributed by atoms with van der Waals surface area (Å²) in [5.41, 5.74) is 0.616. The molecule has 0 amide bonds. The first-order valence-electron chi connectivity index (χ1n) is 7.43. The summed E-state index contributed by atoms with van der Waals surface area (Å²) in [7, 11) is 0. The van der Waals surface area contributed by atoms with Gasteiger partial charge in [-0.25, -0.2) is 4.39 Å². The normalized spacial score (nSPS) is 25.6. The Kier molecular flexibility index (Phi) is 5.42. The third kappa shape index (κ3) is 3.51. The van der Waals surface area contributed by atoms with Gasteiger partial charge in [0.2, 0.25) is 0 Å². The Morgan fingerprint density at radius 2 is 2.25 bits per heavy atom. The van der Waals surface area contributed by atoms with E-state index >= 15 is 0 Å². The van der Waals surface area contributed by atoms with E-state index in [2.05, 4.69) is 31.0 Å². The molecule has 0 aromatic heterocycles. The molecule has 1 fully saturated rings. The molecule has 1 saturated heterocycles. The fourth-order valence-electron chi connectivity index (χ4n) is 2.72. The van der Waals surface area contributed by atoms with Crippen molar-refractivity contribution in [1.82, 2.24) is 10.2 Å². The number of piperazine rings is 1. The van der Waals surface area contributed by atoms with Crippen LogP contribution in [0.4, 0.5) is 4.39 Å². The van der Waals surface area contributed by atoms with Gasteiger partial charge in [0.1, 0.15) is 5.82 Å². The molecule has 0 spiro atoms. The highest BCUT2D eigenvalue weighted by Crippen LogP contribution is 2.24. The molecule has 0 bridgehead atoms. The summed E-state index contributed by atoms with van der Waals surface area (Å²) >= 11 is 6.14. The maximum Gasteiger partial charge on any atom is 0.129 e. The smallest absolute Gasteiger partial charge is 0.129 e. The molecule has 0 radical (unpaired) electrons. The van der Waals surface area contributed by atoms with Crippen molar-refractivity contribution in [1.29, 1.82) is 0 Å². The van der Waals surface area contributed by atoms with Gasteiger partial charge in [-0.2, -0.15) is 0 Å². The fourth-order valence-corrected chi connectivity index (χ4v) is 2.94. The molecule has 4 heteroatoms. The first kappa shape index (κ1) is 15.7. The van der Waals surface area contributed by atoms with Crippen molar-refractivity contribution in [3.63, 3.8) is 0 Å². The van der Waals surface area contributed by atoms with E-state index in [1.165, 1.54) is 6.07 Å². The van der Waals surface area contributed by atoms with Crippen LogP contribution in [0.5, 0.6) is 0 Å². The Morgan fingerprint density at radius 3 is 2.90 bits per heavy atom. The van der Waals surface area contributed by atoms with E-state index in [4.69, 9.17) is 11.6 Å². The van der Waals surface area contributed by atoms with Crippen LogP contribution in [0.2, 0.25) is 5.02 Å². The highest BCUT2D eigenvalue weighted by Gasteiger charge is 2.28. The predicted octanol–water partition coefficient (Wildman–Crippen LogP) is 3.69. The lowest BCUT2D eigenvalue weighted by molar-refractivity contribution is 0.110. The number of halogens is 2. The average Bonchev–Trinajstić information content (AvgIpc) is 2.44. The van der Waals surface area contributed by atoms with E-state index in [9.17, 15) is 4.39 Å². The van der Waals surface area contributed by atoms with Gasteiger partial charge < -0.3 is 5.32 Å². The Balaban J connectivity index is 2.10. The topological polar surface area (TPSA) is 15.3 Å². The van der Waals surface area contributed by atoms with E-state index in [1.807, 2.05) is 0 Å². The van der Waals surface area contributed by atoms with Gasteiger partial charge in [-0.05, 0) is 25.0 Å². The Morgan fingerprint density at radius 1 is 1.50 bits per heavy atom. The van der Waals surface area contributed by atoms with Gasteiger partial charge in [-0.15, -0.1) is 0 Å². The molecule has 1 aromatic rings. The van der Waals surface area contributed by atoms with Crippen molar-refractivity contribution in [2.45, 2.75) is 45.8 Å². The van der Waals surface area contributed by atoms with Crippen LogP contribution in [0.15, 0.2) is 18.2 Å². The molecule has 3 atom stereocenters. The van der Waals surface area contributed by atoms with E-state index in [1.54, 1.807) is 12.1 Å². The van der Waals surface area contributed by atoms with Crippen LogP contribution in [-0.4, -0.2) is 30.1 Å². The minimum atomic E-state index is -0.205. The largest absolute Gasteiger partial charge is 0.311 e. The number of rotatable bonds is 4. The lowest BCUT2D eigenvalue weighted by atomic mass is 9.95. The van der Waals surface area contributed by atoms with E-state index in [-0.39, 0.29) is 5.82 Å². The molecule has 1 aliphatic rings. The van der Waals surface area contributed by atoms with Crippen molar-refractivity contribution in [2.75, 3.05) is 13.1 Å². The molecule has 0 saturated carbocycles. The molecule has 3 unspecified atom stereocenters. The Labute approximate surface area is 126 Å². The highest BCUT2D eigenvalue weighted by molar-refractivity contribution is 6.31. The lowest BCUT2D eigenvalue weighted by Gasteiger charge is -2.41. The summed E-state index contributed by atoms with van der Waals surface area (Å²) in [5.74, 6) is 0.421. The van der Waals surface area contributed by atoms with Gasteiger partial charge in [0.25, 0.3) is 0 Å². The first-order chi connectivity index (χ1) is 9.52. The number of hydrogen-bond donors (Lipinski definition) is 1. The maximum atomic E-state index is 13.9. The number of nitrogens with zero attached hydrogens (tertiary/aromatic N) is 1. The van der Waals surface area contributed by atoms with Crippen LogP contribution in [0, 0.1) is 11.7 Å². The summed E-state index contributed by atoms with van der Waals surface area (Å²) in [6.07, 6.45) is 1.15. The second-order valence-corrected chi connectivity index (χ2v) is 6.29. The number of hydrogen-bond acceptors (Lipinski definition) is 2. The summed E-state index contributed by atoms with van der Waals surface area (Å²) in [6.45, 7) is 9.13. The molecular weight excluding hydrogens is 275 g/mol. The summed E-state index contributed by atoms with van der Waals surface area (Å²) in [6, 6.07) is 5.77. The summed E-state index contributed by atoms with van der Waals surface area (Å²) in [5, 5.41) is 4.12. The number of benzene rings is 1. The monoisotopic (exact) mass is 298 g/mol. The SMILES string of the molecule is CCC(C)C1CN(Cc2c(F)cccc2Cl)C(C)CN1. The second kappa shape index (κ2) is 6.88. The van der Waals surface area contributed by atoms with Crippen molar-refractivity contribution >= 4 is 11.6 Å². The summed E-state index contributed by atoms with van der Waals surface area (Å²) < 4.78 is 13.9. The van der Waals surface area contributed by atoms with Gasteiger partial charge in [0, 0.05) is 42.3 Å². The van der Waals surface area contributed by atoms with Crippen molar-refractivity contribution < 1.29 is 4.39 Å². The molecule has 0 aliphatic carbocycles. The van der Waals surface area contributed by atoms with E-state index in [0.29, 0.717) is 35.1 Å². The van der Waals surface area contributed by atoms with Crippen LogP contribution >= 0.6 is 11.6 Å². The maximum absolute atomic E-state index is 13.9. The van der Waals surface area contributed by atoms with Crippen molar-refractivity contribution in [2.24, 2.45) is 5.92 Å². The number of nitrogens with one attached hydrogen (secondary N) is 1. The minimum absolute atomic E-state index is 0.205. The zero-order valence-corrected chi connectivity index (χ0v) is 13.3. The van der Waals surface area contributed by atoms with Crippen LogP contribution in [0.1, 0.15) is 32.8 Å². The third-order valence-corrected chi connectivity index (χ3v) is 4.84. The quantitative estimate of drug-likeness (QED) is 0.912. The zero-order chi connectivity index (χ0) is 14.7. The minimum Gasteiger partial charge on any atom is -0.311 e. The Bertz CT molecular complexity index is 432. The highest BCUT2D eigenvalue weighted by atomic mass is 35.5. The van der Waals surface area contributed by atoms with Crippen LogP contribution in [0.3, 0.4) is 0 Å². The van der Waals surface area contributed by atoms with Gasteiger partial charge in [0.15, 0.2) is 0 Å². The molecular formula is C16H24ClFN2. The van der Waals surface area contributed by atoms with Crippen LogP contribution in [-0.2, 0) is 6.54 Å². The molecule has 1 aliphatic heterocycles. The van der Waals surface area contributed by atoms with E-state index < -0.39 is 0 Å². The van der Waals surface area contributed by atoms with Crippen LogP contribution < -0.4 is 5.32 Å². The Hall–Kier alpha value is -0.640. The van der Waals surface area contributed by atoms with E-state index in [0.717, 1.165) is 19.5 Å². The van der Waals surface area contributed by atoms with Crippen molar-refractivity contribution in [3.05, 3.63) is 34.6 Å². The molecule has 1 aromatic carbocycles. The second-order valence-electron chi connectivity index (χ2n) is 5.88. The lowest BCUT2D eigenvalue weighted by Crippen LogP contribution is -2.57. The molecule has 20 heavy (non-hydrogen) atoms. The average molecular weight is 299 g/mol. The van der Waals surface area contributed by atoms with Gasteiger partial charge in [0.05, 0.1) is 0 Å². The van der Waals surface area contributed by atoms with Gasteiger partial charge in [-0.3, -0.25) is 4.90 Å². The molecule has 1 N–H and O–H groups in total. The third-order valence-electron chi connectivity index (χ3n) is 4.48. The standard InChI is InChI=1S/C16H24ClFN2/c1-4-11(2)16-10-20(12(3)8-19-16)9-13-14(17)6-5-7-15(13)18/h5-7,11-12,16,19H,4,8-10H2,1-3H3. The first-order valence-corrected chi connectivity index (χ1v) is 7.81. The summed E-state index contributed by atoms with van der Waals surface area (Å²) in [4.78, 5) is 2.33. The van der Waals surface area contributed by atoms with Gasteiger partial charge >= 0.3 is 0 Å².